The van der Waals surface area contributed by atoms with Crippen molar-refractivity contribution >= 4 is 34.1 Å². The molecule has 0 aliphatic carbocycles. The summed E-state index contributed by atoms with van der Waals surface area (Å²) >= 11 is 0. The van der Waals surface area contributed by atoms with Crippen molar-refractivity contribution in [2.75, 3.05) is 0 Å². The molecule has 0 fully saturated rings. The van der Waals surface area contributed by atoms with E-state index in [9.17, 15) is 10.0 Å². The topological polar surface area (TPSA) is 40.5 Å². The zero-order valence-corrected chi connectivity index (χ0v) is 10.1. The molecule has 0 aliphatic rings. The molecule has 88 valence electrons. The van der Waals surface area contributed by atoms with Crippen molar-refractivity contribution in [3.63, 3.8) is 0 Å². The first-order valence-electron chi connectivity index (χ1n) is 5.95. The van der Waals surface area contributed by atoms with E-state index in [1.54, 1.807) is 0 Å². The van der Waals surface area contributed by atoms with Crippen LogP contribution in [0.3, 0.4) is 0 Å². The van der Waals surface area contributed by atoms with Gasteiger partial charge >= 0.3 is 7.12 Å². The highest BCUT2D eigenvalue weighted by Crippen LogP contribution is 2.25. The summed E-state index contributed by atoms with van der Waals surface area (Å²) in [7, 11) is -1.44. The highest BCUT2D eigenvalue weighted by Gasteiger charge is 2.16. The second kappa shape index (κ2) is 4.12. The van der Waals surface area contributed by atoms with Gasteiger partial charge in [-0.2, -0.15) is 0 Å². The molecule has 0 atom stereocenters. The standard InChI is InChI=1S/C15H13BO2/c1-10-6-7-13-14(8-10)12-5-3-2-4-11(12)9-15(13)16(17)18/h2-9,17-18H,1H3. The van der Waals surface area contributed by atoms with Gasteiger partial charge in [-0.05, 0) is 33.9 Å². The second-order valence-corrected chi connectivity index (χ2v) is 4.61. The largest absolute Gasteiger partial charge is 0.489 e. The lowest BCUT2D eigenvalue weighted by molar-refractivity contribution is 0.426. The average Bonchev–Trinajstić information content (AvgIpc) is 2.37. The minimum Gasteiger partial charge on any atom is -0.423 e. The van der Waals surface area contributed by atoms with E-state index >= 15 is 0 Å². The van der Waals surface area contributed by atoms with Gasteiger partial charge in [-0.3, -0.25) is 0 Å². The van der Waals surface area contributed by atoms with Crippen molar-refractivity contribution in [3.05, 3.63) is 54.1 Å². The number of hydrogen-bond acceptors (Lipinski definition) is 2. The molecule has 0 saturated heterocycles. The van der Waals surface area contributed by atoms with Crippen LogP contribution in [-0.2, 0) is 0 Å². The van der Waals surface area contributed by atoms with Crippen LogP contribution in [0.5, 0.6) is 0 Å². The zero-order valence-electron chi connectivity index (χ0n) is 10.1. The summed E-state index contributed by atoms with van der Waals surface area (Å²) in [5, 5.41) is 23.1. The lowest BCUT2D eigenvalue weighted by atomic mass is 9.75. The summed E-state index contributed by atoms with van der Waals surface area (Å²) in [5.41, 5.74) is 1.72. The first kappa shape index (κ1) is 11.3. The van der Waals surface area contributed by atoms with Crippen molar-refractivity contribution in [1.29, 1.82) is 0 Å². The maximum atomic E-state index is 9.51. The van der Waals surface area contributed by atoms with Gasteiger partial charge in [0.2, 0.25) is 0 Å². The number of rotatable bonds is 1. The Kier molecular flexibility index (Phi) is 2.58. The van der Waals surface area contributed by atoms with Gasteiger partial charge in [0, 0.05) is 0 Å². The van der Waals surface area contributed by atoms with Gasteiger partial charge in [-0.25, -0.2) is 0 Å². The van der Waals surface area contributed by atoms with Crippen molar-refractivity contribution in [2.45, 2.75) is 6.92 Å². The summed E-state index contributed by atoms with van der Waals surface area (Å²) in [6, 6.07) is 15.9. The molecule has 0 heterocycles. The van der Waals surface area contributed by atoms with Crippen molar-refractivity contribution in [1.82, 2.24) is 0 Å². The van der Waals surface area contributed by atoms with Gasteiger partial charge in [0.05, 0.1) is 0 Å². The Morgan fingerprint density at radius 2 is 1.61 bits per heavy atom. The molecule has 0 unspecified atom stereocenters. The Labute approximate surface area is 106 Å². The molecule has 0 saturated carbocycles. The monoisotopic (exact) mass is 236 g/mol. The molecule has 3 aromatic carbocycles. The van der Waals surface area contributed by atoms with Crippen LogP contribution in [-0.4, -0.2) is 17.2 Å². The molecule has 3 aromatic rings. The SMILES string of the molecule is Cc1ccc2c(B(O)O)cc3ccccc3c2c1. The van der Waals surface area contributed by atoms with Gasteiger partial charge in [0.15, 0.2) is 0 Å². The molecule has 0 spiro atoms. The van der Waals surface area contributed by atoms with E-state index in [4.69, 9.17) is 0 Å². The van der Waals surface area contributed by atoms with Crippen molar-refractivity contribution in [3.8, 4) is 0 Å². The predicted octanol–water partition coefficient (Wildman–Crippen LogP) is 1.98. The lowest BCUT2D eigenvalue weighted by Gasteiger charge is -2.10. The molecule has 3 heteroatoms. The zero-order chi connectivity index (χ0) is 12.7. The molecule has 0 amide bonds. The Balaban J connectivity index is 2.55. The molecule has 0 aromatic heterocycles. The normalized spacial score (nSPS) is 11.1. The van der Waals surface area contributed by atoms with Gasteiger partial charge in [-0.15, -0.1) is 0 Å². The fourth-order valence-corrected chi connectivity index (χ4v) is 2.46. The summed E-state index contributed by atoms with van der Waals surface area (Å²) in [4.78, 5) is 0. The quantitative estimate of drug-likeness (QED) is 0.501. The third kappa shape index (κ3) is 1.69. The van der Waals surface area contributed by atoms with Crippen LogP contribution >= 0.6 is 0 Å². The first-order valence-corrected chi connectivity index (χ1v) is 5.95. The average molecular weight is 236 g/mol. The van der Waals surface area contributed by atoms with Gasteiger partial charge in [-0.1, -0.05) is 54.1 Å². The highest BCUT2D eigenvalue weighted by molar-refractivity contribution is 6.62. The third-order valence-electron chi connectivity index (χ3n) is 3.33. The molecule has 0 aliphatic heterocycles. The minimum absolute atomic E-state index is 0.559. The number of aryl methyl sites for hydroxylation is 1. The molecule has 3 rings (SSSR count). The van der Waals surface area contributed by atoms with E-state index in [0.29, 0.717) is 5.46 Å². The summed E-state index contributed by atoms with van der Waals surface area (Å²) in [6.45, 7) is 2.04. The molecular weight excluding hydrogens is 223 g/mol. The van der Waals surface area contributed by atoms with E-state index in [0.717, 1.165) is 27.1 Å². The minimum atomic E-state index is -1.44. The summed E-state index contributed by atoms with van der Waals surface area (Å²) in [5.74, 6) is 0. The lowest BCUT2D eigenvalue weighted by Crippen LogP contribution is -2.30. The Bertz CT molecular complexity index is 735. The molecule has 2 N–H and O–H groups in total. The third-order valence-corrected chi connectivity index (χ3v) is 3.33. The maximum absolute atomic E-state index is 9.51. The van der Waals surface area contributed by atoms with Gasteiger partial charge in [0.1, 0.15) is 0 Å². The predicted molar refractivity (Wildman–Crippen MR) is 76.0 cm³/mol. The fourth-order valence-electron chi connectivity index (χ4n) is 2.46. The highest BCUT2D eigenvalue weighted by atomic mass is 16.4. The van der Waals surface area contributed by atoms with Crippen molar-refractivity contribution < 1.29 is 10.0 Å². The molecule has 0 bridgehead atoms. The number of hydrogen-bond donors (Lipinski definition) is 2. The van der Waals surface area contributed by atoms with E-state index in [2.05, 4.69) is 12.1 Å². The van der Waals surface area contributed by atoms with Crippen LogP contribution in [0.15, 0.2) is 48.5 Å². The van der Waals surface area contributed by atoms with Crippen LogP contribution in [0, 0.1) is 6.92 Å². The fraction of sp³-hybridized carbons (Fsp3) is 0.0667. The summed E-state index contributed by atoms with van der Waals surface area (Å²) in [6.07, 6.45) is 0. The van der Waals surface area contributed by atoms with Gasteiger partial charge in [0.25, 0.3) is 0 Å². The molecule has 0 radical (unpaired) electrons. The van der Waals surface area contributed by atoms with E-state index in [1.807, 2.05) is 43.3 Å². The van der Waals surface area contributed by atoms with E-state index in [1.165, 1.54) is 0 Å². The van der Waals surface area contributed by atoms with Crippen LogP contribution in [0.1, 0.15) is 5.56 Å². The maximum Gasteiger partial charge on any atom is 0.489 e. The van der Waals surface area contributed by atoms with Crippen LogP contribution in [0.4, 0.5) is 0 Å². The second-order valence-electron chi connectivity index (χ2n) is 4.61. The molecular formula is C15H13BO2. The first-order chi connectivity index (χ1) is 8.66. The molecule has 18 heavy (non-hydrogen) atoms. The Morgan fingerprint density at radius 3 is 2.39 bits per heavy atom. The smallest absolute Gasteiger partial charge is 0.423 e. The van der Waals surface area contributed by atoms with Gasteiger partial charge < -0.3 is 10.0 Å². The van der Waals surface area contributed by atoms with Crippen LogP contribution in [0.25, 0.3) is 21.5 Å². The summed E-state index contributed by atoms with van der Waals surface area (Å²) < 4.78 is 0. The Morgan fingerprint density at radius 1 is 0.833 bits per heavy atom. The molecule has 2 nitrogen and oxygen atoms in total. The van der Waals surface area contributed by atoms with E-state index < -0.39 is 7.12 Å². The Hall–Kier alpha value is -1.84. The van der Waals surface area contributed by atoms with Crippen LogP contribution in [0.2, 0.25) is 0 Å². The van der Waals surface area contributed by atoms with Crippen molar-refractivity contribution in [2.24, 2.45) is 0 Å². The van der Waals surface area contributed by atoms with Crippen LogP contribution < -0.4 is 5.46 Å². The number of benzene rings is 3. The van der Waals surface area contributed by atoms with E-state index in [-0.39, 0.29) is 0 Å². The number of fused-ring (bicyclic) bond motifs is 3.